The molecule has 2 aromatic rings. The summed E-state index contributed by atoms with van der Waals surface area (Å²) in [5.41, 5.74) is 1.52. The Morgan fingerprint density at radius 3 is 2.14 bits per heavy atom. The maximum atomic E-state index is 13.6. The summed E-state index contributed by atoms with van der Waals surface area (Å²) in [7, 11) is 0. The highest BCUT2D eigenvalue weighted by Gasteiger charge is 2.43. The van der Waals surface area contributed by atoms with Crippen molar-refractivity contribution in [1.29, 1.82) is 0 Å². The molecule has 1 saturated heterocycles. The molecule has 1 N–H and O–H groups in total. The van der Waals surface area contributed by atoms with Crippen LogP contribution in [-0.4, -0.2) is 25.7 Å². The monoisotopic (exact) mass is 459 g/mol. The first-order valence-electron chi connectivity index (χ1n) is 10.4. The quantitative estimate of drug-likeness (QED) is 0.661. The number of benzene rings is 2. The largest absolute Gasteiger partial charge is 0.381 e. The first-order chi connectivity index (χ1) is 14.0. The van der Waals surface area contributed by atoms with E-state index in [1.165, 1.54) is 12.1 Å². The Hall–Kier alpha value is -1.72. The van der Waals surface area contributed by atoms with E-state index >= 15 is 0 Å². The van der Waals surface area contributed by atoms with Gasteiger partial charge in [0, 0.05) is 29.6 Å². The molecule has 3 nitrogen and oxygen atoms in total. The number of carbonyl (C=O) groups is 1. The average molecular weight is 460 g/mol. The topological polar surface area (TPSA) is 38.3 Å². The van der Waals surface area contributed by atoms with Crippen LogP contribution in [0.3, 0.4) is 0 Å². The minimum Gasteiger partial charge on any atom is -0.381 e. The number of rotatable bonds is 5. The van der Waals surface area contributed by atoms with Gasteiger partial charge in [-0.3, -0.25) is 4.79 Å². The van der Waals surface area contributed by atoms with E-state index < -0.39 is 5.41 Å². The fourth-order valence-electron chi connectivity index (χ4n) is 4.98. The van der Waals surface area contributed by atoms with E-state index in [0.29, 0.717) is 32.6 Å². The smallest absolute Gasteiger partial charge is 0.230 e. The number of halogens is 2. The summed E-state index contributed by atoms with van der Waals surface area (Å²) in [6.07, 6.45) is 5.69. The van der Waals surface area contributed by atoms with E-state index in [1.54, 1.807) is 0 Å². The lowest BCUT2D eigenvalue weighted by Gasteiger charge is -2.38. The summed E-state index contributed by atoms with van der Waals surface area (Å²) < 4.78 is 20.0. The van der Waals surface area contributed by atoms with Crippen LogP contribution < -0.4 is 5.32 Å². The Kier molecular flexibility index (Phi) is 6.07. The van der Waals surface area contributed by atoms with Gasteiger partial charge in [-0.25, -0.2) is 4.39 Å². The van der Waals surface area contributed by atoms with Gasteiger partial charge in [0.25, 0.3) is 0 Å². The van der Waals surface area contributed by atoms with Crippen LogP contribution in [0.5, 0.6) is 0 Å². The molecule has 1 amide bonds. The minimum absolute atomic E-state index is 0.0801. The molecule has 0 bridgehead atoms. The normalized spacial score (nSPS) is 20.3. The Morgan fingerprint density at radius 2 is 1.52 bits per heavy atom. The lowest BCUT2D eigenvalue weighted by atomic mass is 9.72. The summed E-state index contributed by atoms with van der Waals surface area (Å²) in [6, 6.07) is 14.9. The van der Waals surface area contributed by atoms with Crippen LogP contribution in [0.25, 0.3) is 0 Å². The van der Waals surface area contributed by atoms with Gasteiger partial charge in [0.2, 0.25) is 5.91 Å². The summed E-state index contributed by atoms with van der Waals surface area (Å²) in [4.78, 5) is 13.6. The van der Waals surface area contributed by atoms with Crippen molar-refractivity contribution in [2.45, 2.75) is 49.4 Å². The van der Waals surface area contributed by atoms with Crippen LogP contribution >= 0.6 is 15.9 Å². The fourth-order valence-corrected chi connectivity index (χ4v) is 5.24. The van der Waals surface area contributed by atoms with Crippen LogP contribution in [-0.2, 0) is 20.4 Å². The number of hydrogen-bond acceptors (Lipinski definition) is 2. The molecule has 0 unspecified atom stereocenters. The van der Waals surface area contributed by atoms with Gasteiger partial charge in [-0.1, -0.05) is 53.0 Å². The number of nitrogens with one attached hydrogen (secondary N) is 1. The van der Waals surface area contributed by atoms with Gasteiger partial charge in [0.05, 0.1) is 5.41 Å². The second-order valence-electron chi connectivity index (χ2n) is 8.38. The van der Waals surface area contributed by atoms with Crippen molar-refractivity contribution in [3.05, 3.63) is 69.9 Å². The lowest BCUT2D eigenvalue weighted by Crippen LogP contribution is -2.51. The third kappa shape index (κ3) is 4.13. The minimum atomic E-state index is -0.554. The highest BCUT2D eigenvalue weighted by molar-refractivity contribution is 9.10. The zero-order chi connectivity index (χ0) is 20.3. The van der Waals surface area contributed by atoms with Crippen molar-refractivity contribution in [3.8, 4) is 0 Å². The van der Waals surface area contributed by atoms with Gasteiger partial charge in [-0.15, -0.1) is 0 Å². The number of carbonyl (C=O) groups excluding carboxylic acids is 1. The summed E-state index contributed by atoms with van der Waals surface area (Å²) in [6.45, 7) is 1.77. The SMILES string of the molecule is O=C(NCC1(c2ccc(F)cc2)CCCC1)C1(c2ccc(Br)cc2)CCOCC1. The second kappa shape index (κ2) is 8.57. The molecule has 5 heteroatoms. The van der Waals surface area contributed by atoms with Crippen LogP contribution in [0.4, 0.5) is 4.39 Å². The van der Waals surface area contributed by atoms with E-state index in [0.717, 1.165) is 41.3 Å². The highest BCUT2D eigenvalue weighted by atomic mass is 79.9. The van der Waals surface area contributed by atoms with Crippen molar-refractivity contribution in [3.63, 3.8) is 0 Å². The molecule has 1 heterocycles. The van der Waals surface area contributed by atoms with Crippen molar-refractivity contribution in [1.82, 2.24) is 5.32 Å². The third-order valence-corrected chi connectivity index (χ3v) is 7.31. The fraction of sp³-hybridized carbons (Fsp3) is 0.458. The molecule has 0 aromatic heterocycles. The first kappa shape index (κ1) is 20.5. The first-order valence-corrected chi connectivity index (χ1v) is 11.2. The average Bonchev–Trinajstić information content (AvgIpc) is 3.23. The van der Waals surface area contributed by atoms with Crippen LogP contribution in [0.15, 0.2) is 53.0 Å². The molecule has 4 rings (SSSR count). The number of hydrogen-bond donors (Lipinski definition) is 1. The molecule has 2 aliphatic rings. The molecule has 2 fully saturated rings. The Bertz CT molecular complexity index is 838. The maximum Gasteiger partial charge on any atom is 0.230 e. The van der Waals surface area contributed by atoms with Crippen molar-refractivity contribution < 1.29 is 13.9 Å². The predicted octanol–water partition coefficient (Wildman–Crippen LogP) is 5.26. The lowest BCUT2D eigenvalue weighted by molar-refractivity contribution is -0.130. The summed E-state index contributed by atoms with van der Waals surface area (Å²) in [5.74, 6) is -0.140. The highest BCUT2D eigenvalue weighted by Crippen LogP contribution is 2.41. The van der Waals surface area contributed by atoms with Crippen LogP contribution in [0.2, 0.25) is 0 Å². The summed E-state index contributed by atoms with van der Waals surface area (Å²) >= 11 is 3.49. The maximum absolute atomic E-state index is 13.6. The van der Waals surface area contributed by atoms with Crippen LogP contribution in [0.1, 0.15) is 49.7 Å². The molecule has 29 heavy (non-hydrogen) atoms. The van der Waals surface area contributed by atoms with E-state index in [-0.39, 0.29) is 17.1 Å². The zero-order valence-electron chi connectivity index (χ0n) is 16.6. The van der Waals surface area contributed by atoms with Gasteiger partial charge >= 0.3 is 0 Å². The van der Waals surface area contributed by atoms with Crippen molar-refractivity contribution in [2.24, 2.45) is 0 Å². The van der Waals surface area contributed by atoms with Crippen molar-refractivity contribution >= 4 is 21.8 Å². The van der Waals surface area contributed by atoms with E-state index in [1.807, 2.05) is 36.4 Å². The Morgan fingerprint density at radius 1 is 0.931 bits per heavy atom. The van der Waals surface area contributed by atoms with Gasteiger partial charge in [-0.2, -0.15) is 0 Å². The molecular formula is C24H27BrFNO2. The molecule has 0 radical (unpaired) electrons. The van der Waals surface area contributed by atoms with Gasteiger partial charge < -0.3 is 10.1 Å². The Balaban J connectivity index is 1.57. The second-order valence-corrected chi connectivity index (χ2v) is 9.29. The standard InChI is InChI=1S/C24H27BrFNO2/c25-20-7-3-19(4-8-20)24(13-15-29-16-14-24)22(28)27-17-23(11-1-2-12-23)18-5-9-21(26)10-6-18/h3-10H,1-2,11-17H2,(H,27,28). The molecule has 1 aliphatic heterocycles. The molecule has 1 aliphatic carbocycles. The van der Waals surface area contributed by atoms with Crippen molar-refractivity contribution in [2.75, 3.05) is 19.8 Å². The third-order valence-electron chi connectivity index (χ3n) is 6.78. The predicted molar refractivity (Wildman–Crippen MR) is 115 cm³/mol. The van der Waals surface area contributed by atoms with Gasteiger partial charge in [-0.05, 0) is 61.1 Å². The zero-order valence-corrected chi connectivity index (χ0v) is 18.1. The number of amides is 1. The van der Waals surface area contributed by atoms with E-state index in [9.17, 15) is 9.18 Å². The Labute approximate surface area is 180 Å². The van der Waals surface area contributed by atoms with Crippen LogP contribution in [0, 0.1) is 5.82 Å². The molecule has 2 aromatic carbocycles. The van der Waals surface area contributed by atoms with Gasteiger partial charge in [0.15, 0.2) is 0 Å². The molecule has 0 spiro atoms. The summed E-state index contributed by atoms with van der Waals surface area (Å²) in [5, 5.41) is 3.30. The molecule has 1 saturated carbocycles. The molecular weight excluding hydrogens is 433 g/mol. The van der Waals surface area contributed by atoms with Gasteiger partial charge in [0.1, 0.15) is 5.82 Å². The van der Waals surface area contributed by atoms with E-state index in [4.69, 9.17) is 4.74 Å². The number of ether oxygens (including phenoxy) is 1. The van der Waals surface area contributed by atoms with E-state index in [2.05, 4.69) is 21.2 Å². The molecule has 0 atom stereocenters. The molecule has 154 valence electrons.